The number of methoxy groups -OCH3 is 1. The van der Waals surface area contributed by atoms with Crippen LogP contribution in [-0.2, 0) is 6.54 Å². The molecule has 114 valence electrons. The van der Waals surface area contributed by atoms with Gasteiger partial charge in [0.25, 0.3) is 0 Å². The smallest absolute Gasteiger partial charge is 0.172 e. The van der Waals surface area contributed by atoms with E-state index >= 15 is 0 Å². The van der Waals surface area contributed by atoms with E-state index in [1.54, 1.807) is 7.11 Å². The fourth-order valence-corrected chi connectivity index (χ4v) is 3.00. The molecule has 0 aliphatic rings. The molecule has 0 spiro atoms. The molecule has 0 bridgehead atoms. The first-order valence-electron chi connectivity index (χ1n) is 7.12. The monoisotopic (exact) mass is 343 g/mol. The lowest BCUT2D eigenvalue weighted by atomic mass is 9.85. The van der Waals surface area contributed by atoms with Crippen LogP contribution in [0.2, 0.25) is 0 Å². The van der Waals surface area contributed by atoms with E-state index in [9.17, 15) is 5.11 Å². The average Bonchev–Trinajstić information content (AvgIpc) is 2.37. The third-order valence-corrected chi connectivity index (χ3v) is 4.33. The van der Waals surface area contributed by atoms with Gasteiger partial charge in [0.15, 0.2) is 11.5 Å². The number of benzene rings is 1. The van der Waals surface area contributed by atoms with Crippen LogP contribution >= 0.6 is 15.9 Å². The van der Waals surface area contributed by atoms with Gasteiger partial charge in [-0.15, -0.1) is 0 Å². The third-order valence-electron chi connectivity index (χ3n) is 3.73. The van der Waals surface area contributed by atoms with Gasteiger partial charge in [0, 0.05) is 6.54 Å². The number of phenolic OH excluding ortho intramolecular Hbond substituents is 1. The van der Waals surface area contributed by atoms with Gasteiger partial charge < -0.3 is 15.2 Å². The van der Waals surface area contributed by atoms with Crippen molar-refractivity contribution < 1.29 is 9.84 Å². The highest BCUT2D eigenvalue weighted by molar-refractivity contribution is 9.10. The van der Waals surface area contributed by atoms with Gasteiger partial charge in [0.05, 0.1) is 11.6 Å². The van der Waals surface area contributed by atoms with Crippen molar-refractivity contribution in [2.45, 2.75) is 34.2 Å². The predicted octanol–water partition coefficient (Wildman–Crippen LogP) is 4.18. The first-order chi connectivity index (χ1) is 9.36. The minimum atomic E-state index is 0.151. The number of ether oxygens (including phenoxy) is 1. The summed E-state index contributed by atoms with van der Waals surface area (Å²) >= 11 is 3.35. The highest BCUT2D eigenvalue weighted by Crippen LogP contribution is 2.35. The minimum absolute atomic E-state index is 0.151. The van der Waals surface area contributed by atoms with Gasteiger partial charge in [0.2, 0.25) is 0 Å². The lowest BCUT2D eigenvalue weighted by Gasteiger charge is -2.25. The zero-order valence-electron chi connectivity index (χ0n) is 13.0. The molecule has 0 heterocycles. The Kier molecular flexibility index (Phi) is 6.83. The average molecular weight is 344 g/mol. The van der Waals surface area contributed by atoms with Crippen LogP contribution in [0.15, 0.2) is 16.6 Å². The highest BCUT2D eigenvalue weighted by atomic mass is 79.9. The number of phenols is 1. The number of aromatic hydroxyl groups is 1. The second-order valence-corrected chi connectivity index (χ2v) is 6.77. The Balaban J connectivity index is 2.64. The summed E-state index contributed by atoms with van der Waals surface area (Å²) in [4.78, 5) is 0. The van der Waals surface area contributed by atoms with Gasteiger partial charge >= 0.3 is 0 Å². The van der Waals surface area contributed by atoms with E-state index in [1.807, 2.05) is 12.1 Å². The van der Waals surface area contributed by atoms with E-state index in [0.29, 0.717) is 28.0 Å². The number of hydrogen-bond donors (Lipinski definition) is 2. The summed E-state index contributed by atoms with van der Waals surface area (Å²) in [5, 5.41) is 13.3. The Labute approximate surface area is 130 Å². The molecule has 20 heavy (non-hydrogen) atoms. The fraction of sp³-hybridized carbons (Fsp3) is 0.625. The molecule has 0 unspecified atom stereocenters. The van der Waals surface area contributed by atoms with Crippen LogP contribution in [0.25, 0.3) is 0 Å². The standard InChI is InChI=1S/C16H26BrNO2/c1-10(2)13(11(3)4)9-18-8-12-6-14(17)16(19)15(7-12)20-5/h6-7,10-11,13,18-19H,8-9H2,1-5H3. The summed E-state index contributed by atoms with van der Waals surface area (Å²) in [7, 11) is 1.56. The van der Waals surface area contributed by atoms with Crippen LogP contribution in [0.5, 0.6) is 11.5 Å². The van der Waals surface area contributed by atoms with Crippen molar-refractivity contribution in [3.8, 4) is 11.5 Å². The van der Waals surface area contributed by atoms with E-state index in [2.05, 4.69) is 48.9 Å². The largest absolute Gasteiger partial charge is 0.503 e. The number of hydrogen-bond acceptors (Lipinski definition) is 3. The molecule has 1 aromatic rings. The maximum absolute atomic E-state index is 9.79. The van der Waals surface area contributed by atoms with Gasteiger partial charge in [-0.2, -0.15) is 0 Å². The Morgan fingerprint density at radius 2 is 1.80 bits per heavy atom. The topological polar surface area (TPSA) is 41.5 Å². The molecule has 3 nitrogen and oxygen atoms in total. The lowest BCUT2D eigenvalue weighted by molar-refractivity contribution is 0.275. The highest BCUT2D eigenvalue weighted by Gasteiger charge is 2.17. The summed E-state index contributed by atoms with van der Waals surface area (Å²) in [6.45, 7) is 10.8. The number of rotatable bonds is 7. The van der Waals surface area contributed by atoms with Crippen molar-refractivity contribution in [3.05, 3.63) is 22.2 Å². The molecule has 1 aromatic carbocycles. The van der Waals surface area contributed by atoms with Crippen molar-refractivity contribution >= 4 is 15.9 Å². The molecule has 0 fully saturated rings. The Bertz CT molecular complexity index is 425. The number of halogens is 1. The van der Waals surface area contributed by atoms with E-state index in [-0.39, 0.29) is 5.75 Å². The molecule has 0 radical (unpaired) electrons. The second kappa shape index (κ2) is 7.89. The summed E-state index contributed by atoms with van der Waals surface area (Å²) in [5.41, 5.74) is 1.10. The molecule has 0 atom stereocenters. The van der Waals surface area contributed by atoms with Crippen molar-refractivity contribution in [2.75, 3.05) is 13.7 Å². The van der Waals surface area contributed by atoms with Gasteiger partial charge in [-0.3, -0.25) is 0 Å². The first kappa shape index (κ1) is 17.3. The van der Waals surface area contributed by atoms with Crippen LogP contribution in [-0.4, -0.2) is 18.8 Å². The molecule has 0 amide bonds. The quantitative estimate of drug-likeness (QED) is 0.780. The molecule has 2 N–H and O–H groups in total. The van der Waals surface area contributed by atoms with Crippen LogP contribution in [0.4, 0.5) is 0 Å². The van der Waals surface area contributed by atoms with E-state index < -0.39 is 0 Å². The lowest BCUT2D eigenvalue weighted by Crippen LogP contribution is -2.29. The van der Waals surface area contributed by atoms with Crippen molar-refractivity contribution in [1.82, 2.24) is 5.32 Å². The van der Waals surface area contributed by atoms with Gasteiger partial charge in [0.1, 0.15) is 0 Å². The minimum Gasteiger partial charge on any atom is -0.503 e. The fourth-order valence-electron chi connectivity index (χ4n) is 2.51. The molecule has 0 aliphatic carbocycles. The number of nitrogens with one attached hydrogen (secondary N) is 1. The van der Waals surface area contributed by atoms with Gasteiger partial charge in [-0.25, -0.2) is 0 Å². The molecule has 4 heteroatoms. The Morgan fingerprint density at radius 3 is 2.30 bits per heavy atom. The van der Waals surface area contributed by atoms with Crippen molar-refractivity contribution in [3.63, 3.8) is 0 Å². The summed E-state index contributed by atoms with van der Waals surface area (Å²) < 4.78 is 5.83. The Hall–Kier alpha value is -0.740. The van der Waals surface area contributed by atoms with E-state index in [1.165, 1.54) is 0 Å². The first-order valence-corrected chi connectivity index (χ1v) is 7.92. The molecule has 0 aliphatic heterocycles. The second-order valence-electron chi connectivity index (χ2n) is 5.91. The van der Waals surface area contributed by atoms with Crippen molar-refractivity contribution in [2.24, 2.45) is 17.8 Å². The molecule has 0 aromatic heterocycles. The van der Waals surface area contributed by atoms with Crippen molar-refractivity contribution in [1.29, 1.82) is 0 Å². The zero-order chi connectivity index (χ0) is 15.3. The molecular weight excluding hydrogens is 318 g/mol. The van der Waals surface area contributed by atoms with Gasteiger partial charge in [-0.05, 0) is 57.9 Å². The van der Waals surface area contributed by atoms with Crippen LogP contribution in [0.1, 0.15) is 33.3 Å². The Morgan fingerprint density at radius 1 is 1.20 bits per heavy atom. The summed E-state index contributed by atoms with van der Waals surface area (Å²) in [5.74, 6) is 2.66. The molecule has 1 rings (SSSR count). The van der Waals surface area contributed by atoms with Crippen LogP contribution in [0.3, 0.4) is 0 Å². The maximum atomic E-state index is 9.79. The molecule has 0 saturated carbocycles. The molecule has 0 saturated heterocycles. The van der Waals surface area contributed by atoms with Crippen LogP contribution in [0, 0.1) is 17.8 Å². The predicted molar refractivity (Wildman–Crippen MR) is 87.2 cm³/mol. The van der Waals surface area contributed by atoms with E-state index in [4.69, 9.17) is 4.74 Å². The SMILES string of the molecule is COc1cc(CNCC(C(C)C)C(C)C)cc(Br)c1O. The van der Waals surface area contributed by atoms with E-state index in [0.717, 1.165) is 18.7 Å². The zero-order valence-corrected chi connectivity index (χ0v) is 14.6. The summed E-state index contributed by atoms with van der Waals surface area (Å²) in [6, 6.07) is 3.79. The van der Waals surface area contributed by atoms with Crippen LogP contribution < -0.4 is 10.1 Å². The molecular formula is C16H26BrNO2. The van der Waals surface area contributed by atoms with Gasteiger partial charge in [-0.1, -0.05) is 27.7 Å². The summed E-state index contributed by atoms with van der Waals surface area (Å²) in [6.07, 6.45) is 0. The normalized spacial score (nSPS) is 11.7. The maximum Gasteiger partial charge on any atom is 0.172 e. The third kappa shape index (κ3) is 4.67.